The largest absolute Gasteiger partial charge is 0.481 e. The molecule has 2 saturated heterocycles. The molecule has 1 aliphatic carbocycles. The molecule has 3 aliphatic rings. The zero-order chi connectivity index (χ0) is 12.7. The van der Waals surface area contributed by atoms with Crippen LogP contribution in [0.15, 0.2) is 0 Å². The highest BCUT2D eigenvalue weighted by Gasteiger charge is 2.44. The molecule has 0 aromatic carbocycles. The Hall–Kier alpha value is -1.10. The van der Waals surface area contributed by atoms with Crippen molar-refractivity contribution < 1.29 is 14.7 Å². The first kappa shape index (κ1) is 12.0. The Labute approximate surface area is 107 Å². The van der Waals surface area contributed by atoms with Crippen LogP contribution in [0.2, 0.25) is 0 Å². The van der Waals surface area contributed by atoms with Crippen LogP contribution < -0.4 is 5.32 Å². The van der Waals surface area contributed by atoms with E-state index in [1.807, 2.05) is 0 Å². The van der Waals surface area contributed by atoms with Crippen molar-refractivity contribution in [3.05, 3.63) is 0 Å². The molecule has 0 aromatic heterocycles. The summed E-state index contributed by atoms with van der Waals surface area (Å²) in [6, 6.07) is 0.562. The van der Waals surface area contributed by atoms with Crippen molar-refractivity contribution in [2.24, 2.45) is 11.8 Å². The van der Waals surface area contributed by atoms with Crippen LogP contribution in [0.25, 0.3) is 0 Å². The number of amides is 1. The monoisotopic (exact) mass is 252 g/mol. The summed E-state index contributed by atoms with van der Waals surface area (Å²) in [7, 11) is 0. The zero-order valence-electron chi connectivity index (χ0n) is 10.5. The Morgan fingerprint density at radius 1 is 1.28 bits per heavy atom. The maximum Gasteiger partial charge on any atom is 0.308 e. The van der Waals surface area contributed by atoms with E-state index in [2.05, 4.69) is 10.2 Å². The molecule has 4 unspecified atom stereocenters. The van der Waals surface area contributed by atoms with E-state index in [1.165, 1.54) is 0 Å². The van der Waals surface area contributed by atoms with Crippen LogP contribution in [0.5, 0.6) is 0 Å². The predicted octanol–water partition coefficient (Wildman–Crippen LogP) is 0.450. The lowest BCUT2D eigenvalue weighted by Crippen LogP contribution is -2.59. The van der Waals surface area contributed by atoms with E-state index < -0.39 is 5.97 Å². The topological polar surface area (TPSA) is 69.6 Å². The van der Waals surface area contributed by atoms with Crippen LogP contribution in [0.1, 0.15) is 32.1 Å². The van der Waals surface area contributed by atoms with Gasteiger partial charge in [-0.25, -0.2) is 0 Å². The van der Waals surface area contributed by atoms with E-state index in [1.54, 1.807) is 0 Å². The average Bonchev–Trinajstić information content (AvgIpc) is 2.27. The summed E-state index contributed by atoms with van der Waals surface area (Å²) in [5, 5.41) is 12.2. The fourth-order valence-electron chi connectivity index (χ4n) is 3.65. The maximum absolute atomic E-state index is 11.3. The molecule has 3 fully saturated rings. The Balaban J connectivity index is 1.61. The van der Waals surface area contributed by atoms with E-state index >= 15 is 0 Å². The summed E-state index contributed by atoms with van der Waals surface area (Å²) < 4.78 is 0. The van der Waals surface area contributed by atoms with Crippen LogP contribution in [0.4, 0.5) is 0 Å². The van der Waals surface area contributed by atoms with Crippen LogP contribution in [0, 0.1) is 11.8 Å². The smallest absolute Gasteiger partial charge is 0.308 e. The number of rotatable bonds is 2. The summed E-state index contributed by atoms with van der Waals surface area (Å²) in [6.07, 6.45) is 4.39. The number of hydrogen-bond acceptors (Lipinski definition) is 3. The van der Waals surface area contributed by atoms with Gasteiger partial charge in [0.1, 0.15) is 0 Å². The molecule has 2 heterocycles. The van der Waals surface area contributed by atoms with Crippen LogP contribution in [-0.2, 0) is 9.59 Å². The van der Waals surface area contributed by atoms with E-state index in [0.29, 0.717) is 18.4 Å². The molecule has 3 rings (SSSR count). The van der Waals surface area contributed by atoms with Gasteiger partial charge in [0.05, 0.1) is 5.92 Å². The Bertz CT molecular complexity index is 371. The lowest BCUT2D eigenvalue weighted by Gasteiger charge is -2.49. The molecule has 0 aromatic rings. The molecule has 1 amide bonds. The quantitative estimate of drug-likeness (QED) is 0.748. The number of carbonyl (C=O) groups excluding carboxylic acids is 1. The van der Waals surface area contributed by atoms with Crippen molar-refractivity contribution in [1.29, 1.82) is 0 Å². The Morgan fingerprint density at radius 2 is 2.11 bits per heavy atom. The number of piperidine rings is 2. The second kappa shape index (κ2) is 4.53. The van der Waals surface area contributed by atoms with Crippen molar-refractivity contribution in [2.45, 2.75) is 44.2 Å². The Kier molecular flexibility index (Phi) is 3.01. The van der Waals surface area contributed by atoms with Crippen molar-refractivity contribution >= 4 is 11.9 Å². The number of aliphatic carboxylic acids is 1. The van der Waals surface area contributed by atoms with Crippen molar-refractivity contribution in [2.75, 3.05) is 13.1 Å². The van der Waals surface area contributed by atoms with E-state index in [9.17, 15) is 9.59 Å². The van der Waals surface area contributed by atoms with Gasteiger partial charge in [0.2, 0.25) is 5.91 Å². The fourth-order valence-corrected chi connectivity index (χ4v) is 3.65. The molecule has 1 saturated carbocycles. The molecule has 0 bridgehead atoms. The van der Waals surface area contributed by atoms with E-state index in [0.717, 1.165) is 38.8 Å². The highest BCUT2D eigenvalue weighted by Crippen LogP contribution is 2.36. The Morgan fingerprint density at radius 3 is 2.78 bits per heavy atom. The molecule has 5 heteroatoms. The summed E-state index contributed by atoms with van der Waals surface area (Å²) in [6.45, 7) is 1.88. The normalized spacial score (nSPS) is 40.6. The van der Waals surface area contributed by atoms with Crippen LogP contribution in [0.3, 0.4) is 0 Å². The molecule has 0 spiro atoms. The highest BCUT2D eigenvalue weighted by molar-refractivity contribution is 5.77. The molecule has 0 radical (unpaired) electrons. The third kappa shape index (κ3) is 2.00. The number of carbonyl (C=O) groups is 2. The SMILES string of the molecule is O=C1CCC2CN(C3CCC3C(=O)O)CCC2N1. The number of carboxylic acid groups (broad SMARTS) is 1. The van der Waals surface area contributed by atoms with Crippen molar-refractivity contribution in [1.82, 2.24) is 10.2 Å². The molecule has 18 heavy (non-hydrogen) atoms. The summed E-state index contributed by atoms with van der Waals surface area (Å²) >= 11 is 0. The predicted molar refractivity (Wildman–Crippen MR) is 65.0 cm³/mol. The number of carboxylic acids is 1. The number of fused-ring (bicyclic) bond motifs is 1. The zero-order valence-corrected chi connectivity index (χ0v) is 10.5. The minimum atomic E-state index is -0.648. The highest BCUT2D eigenvalue weighted by atomic mass is 16.4. The number of nitrogens with zero attached hydrogens (tertiary/aromatic N) is 1. The molecular formula is C13H20N2O3. The van der Waals surface area contributed by atoms with Crippen LogP contribution in [-0.4, -0.2) is 47.1 Å². The summed E-state index contributed by atoms with van der Waals surface area (Å²) in [5.74, 6) is -0.117. The van der Waals surface area contributed by atoms with Gasteiger partial charge in [0.25, 0.3) is 0 Å². The summed E-state index contributed by atoms with van der Waals surface area (Å²) in [5.41, 5.74) is 0. The lowest BCUT2D eigenvalue weighted by molar-refractivity contribution is -0.149. The van der Waals surface area contributed by atoms with Gasteiger partial charge < -0.3 is 10.4 Å². The van der Waals surface area contributed by atoms with Gasteiger partial charge in [0.15, 0.2) is 0 Å². The third-order valence-electron chi connectivity index (χ3n) is 4.88. The number of hydrogen-bond donors (Lipinski definition) is 2. The second-order valence-electron chi connectivity index (χ2n) is 5.85. The first-order valence-electron chi connectivity index (χ1n) is 6.91. The first-order chi connectivity index (χ1) is 8.65. The molecule has 5 nitrogen and oxygen atoms in total. The maximum atomic E-state index is 11.3. The van der Waals surface area contributed by atoms with Gasteiger partial charge in [-0.1, -0.05) is 0 Å². The minimum Gasteiger partial charge on any atom is -0.481 e. The van der Waals surface area contributed by atoms with Gasteiger partial charge in [0, 0.05) is 31.6 Å². The van der Waals surface area contributed by atoms with Gasteiger partial charge in [-0.3, -0.25) is 14.5 Å². The van der Waals surface area contributed by atoms with Gasteiger partial charge in [-0.15, -0.1) is 0 Å². The van der Waals surface area contributed by atoms with Gasteiger partial charge >= 0.3 is 5.97 Å². The molecule has 2 N–H and O–H groups in total. The van der Waals surface area contributed by atoms with Gasteiger partial charge in [-0.2, -0.15) is 0 Å². The van der Waals surface area contributed by atoms with Crippen LogP contribution >= 0.6 is 0 Å². The molecule has 2 aliphatic heterocycles. The van der Waals surface area contributed by atoms with E-state index in [-0.39, 0.29) is 17.9 Å². The number of nitrogens with one attached hydrogen (secondary N) is 1. The number of likely N-dealkylation sites (tertiary alicyclic amines) is 1. The van der Waals surface area contributed by atoms with Gasteiger partial charge in [-0.05, 0) is 31.6 Å². The molecular weight excluding hydrogens is 232 g/mol. The lowest BCUT2D eigenvalue weighted by atomic mass is 9.76. The minimum absolute atomic E-state index is 0.167. The average molecular weight is 252 g/mol. The first-order valence-corrected chi connectivity index (χ1v) is 6.91. The van der Waals surface area contributed by atoms with Crippen molar-refractivity contribution in [3.8, 4) is 0 Å². The standard InChI is InChI=1S/C13H20N2O3/c16-12-4-1-8-7-15(6-5-10(8)14-12)11-3-2-9(11)13(17)18/h8-11H,1-7H2,(H,14,16)(H,17,18). The third-order valence-corrected chi connectivity index (χ3v) is 4.88. The van der Waals surface area contributed by atoms with E-state index in [4.69, 9.17) is 5.11 Å². The molecule has 100 valence electrons. The van der Waals surface area contributed by atoms with Crippen molar-refractivity contribution in [3.63, 3.8) is 0 Å². The fraction of sp³-hybridized carbons (Fsp3) is 0.846. The second-order valence-corrected chi connectivity index (χ2v) is 5.85. The molecule has 4 atom stereocenters. The summed E-state index contributed by atoms with van der Waals surface area (Å²) in [4.78, 5) is 24.8.